The van der Waals surface area contributed by atoms with Crippen LogP contribution in [0.15, 0.2) is 0 Å². The Morgan fingerprint density at radius 3 is 0.931 bits per heavy atom. The highest BCUT2D eigenvalue weighted by atomic mass is 14.5. The molecule has 0 radical (unpaired) electrons. The van der Waals surface area contributed by atoms with Gasteiger partial charge in [0.2, 0.25) is 0 Å². The molecule has 11 unspecified atom stereocenters. The smallest absolute Gasteiger partial charge is 0.0298 e. The Morgan fingerprint density at radius 2 is 0.655 bits per heavy atom. The summed E-state index contributed by atoms with van der Waals surface area (Å²) >= 11 is 0. The van der Waals surface area contributed by atoms with Crippen molar-refractivity contribution in [3.05, 3.63) is 0 Å². The zero-order chi connectivity index (χ0) is 23.3. The molecule has 0 aromatic heterocycles. The maximum Gasteiger partial charge on any atom is -0.0298 e. The quantitative estimate of drug-likeness (QED) is 0.284. The van der Waals surface area contributed by atoms with Crippen molar-refractivity contribution in [2.45, 2.75) is 117 Å². The van der Waals surface area contributed by atoms with E-state index in [-0.39, 0.29) is 0 Å². The maximum atomic E-state index is 2.56. The number of hydrogen-bond acceptors (Lipinski definition) is 0. The first kappa shape index (κ1) is 29.0. The summed E-state index contributed by atoms with van der Waals surface area (Å²) in [6, 6.07) is 0. The predicted octanol–water partition coefficient (Wildman–Crippen LogP) is 9.83. The van der Waals surface area contributed by atoms with Gasteiger partial charge in [-0.15, -0.1) is 0 Å². The third-order valence-corrected chi connectivity index (χ3v) is 11.2. The van der Waals surface area contributed by atoms with Gasteiger partial charge in [0.25, 0.3) is 0 Å². The molecule has 0 spiro atoms. The van der Waals surface area contributed by atoms with Gasteiger partial charge in [-0.25, -0.2) is 0 Å². The average Bonchev–Trinajstić information content (AvgIpc) is 2.72. The molecule has 0 rings (SSSR count). The first-order valence-corrected chi connectivity index (χ1v) is 13.2. The molecule has 11 atom stereocenters. The Bertz CT molecular complexity index is 435. The minimum atomic E-state index is 0.357. The highest BCUT2D eigenvalue weighted by Crippen LogP contribution is 2.48. The first-order chi connectivity index (χ1) is 13.2. The van der Waals surface area contributed by atoms with E-state index in [2.05, 4.69) is 104 Å². The Balaban J connectivity index is 5.34. The van der Waals surface area contributed by atoms with Crippen LogP contribution >= 0.6 is 0 Å². The topological polar surface area (TPSA) is 0 Å². The van der Waals surface area contributed by atoms with E-state index in [1.165, 1.54) is 12.8 Å². The van der Waals surface area contributed by atoms with E-state index < -0.39 is 0 Å². The van der Waals surface area contributed by atoms with E-state index >= 15 is 0 Å². The number of hydrogen-bond donors (Lipinski definition) is 0. The van der Waals surface area contributed by atoms with Crippen LogP contribution in [0.1, 0.15) is 117 Å². The summed E-state index contributed by atoms with van der Waals surface area (Å²) in [5, 5.41) is 0. The zero-order valence-corrected chi connectivity index (χ0v) is 23.3. The van der Waals surface area contributed by atoms with Crippen LogP contribution in [-0.4, -0.2) is 0 Å². The lowest BCUT2D eigenvalue weighted by molar-refractivity contribution is 0.00573. The molecular formula is C29H60. The summed E-state index contributed by atoms with van der Waals surface area (Å²) in [5.74, 6) is 8.57. The van der Waals surface area contributed by atoms with Gasteiger partial charge in [0.05, 0.1) is 0 Å². The normalized spacial score (nSPS) is 24.5. The number of rotatable bonds is 13. The van der Waals surface area contributed by atoms with Crippen LogP contribution in [-0.2, 0) is 0 Å². The van der Waals surface area contributed by atoms with Gasteiger partial charge in [-0.2, -0.15) is 0 Å². The molecule has 0 aliphatic heterocycles. The Labute approximate surface area is 187 Å². The van der Waals surface area contributed by atoms with Gasteiger partial charge in [-0.1, -0.05) is 117 Å². The van der Waals surface area contributed by atoms with Crippen molar-refractivity contribution in [2.75, 3.05) is 0 Å². The largest absolute Gasteiger partial charge is 0.0651 e. The zero-order valence-electron chi connectivity index (χ0n) is 23.3. The third kappa shape index (κ3) is 7.00. The van der Waals surface area contributed by atoms with Crippen molar-refractivity contribution in [2.24, 2.45) is 70.5 Å². The molecule has 0 heteroatoms. The van der Waals surface area contributed by atoms with Crippen molar-refractivity contribution >= 4 is 0 Å². The van der Waals surface area contributed by atoms with Crippen molar-refractivity contribution in [3.63, 3.8) is 0 Å². The molecule has 0 aliphatic rings. The molecule has 0 fully saturated rings. The summed E-state index contributed by atoms with van der Waals surface area (Å²) in [6.07, 6.45) is 2.60. The summed E-state index contributed by atoms with van der Waals surface area (Å²) in [4.78, 5) is 0. The predicted molar refractivity (Wildman–Crippen MR) is 135 cm³/mol. The van der Waals surface area contributed by atoms with Crippen LogP contribution in [0.3, 0.4) is 0 Å². The minimum Gasteiger partial charge on any atom is -0.0651 e. The molecule has 0 aliphatic carbocycles. The summed E-state index contributed by atoms with van der Waals surface area (Å²) in [6.45, 7) is 37.4. The van der Waals surface area contributed by atoms with Gasteiger partial charge in [0.15, 0.2) is 0 Å². The summed E-state index contributed by atoms with van der Waals surface area (Å²) in [5.41, 5.74) is 0.357. The van der Waals surface area contributed by atoms with E-state index in [4.69, 9.17) is 0 Å². The van der Waals surface area contributed by atoms with Crippen LogP contribution in [0.4, 0.5) is 0 Å². The van der Waals surface area contributed by atoms with Gasteiger partial charge < -0.3 is 0 Å². The lowest BCUT2D eigenvalue weighted by Crippen LogP contribution is -2.41. The molecule has 0 bridgehead atoms. The van der Waals surface area contributed by atoms with Crippen molar-refractivity contribution in [3.8, 4) is 0 Å². The molecule has 0 N–H and O–H groups in total. The fourth-order valence-corrected chi connectivity index (χ4v) is 5.90. The summed E-state index contributed by atoms with van der Waals surface area (Å²) in [7, 11) is 0. The van der Waals surface area contributed by atoms with Gasteiger partial charge >= 0.3 is 0 Å². The highest BCUT2D eigenvalue weighted by Gasteiger charge is 2.42. The molecule has 0 aromatic carbocycles. The summed E-state index contributed by atoms with van der Waals surface area (Å²) < 4.78 is 0. The first-order valence-electron chi connectivity index (χ1n) is 13.2. The molecule has 0 heterocycles. The second kappa shape index (κ2) is 12.1. The standard InChI is InChI=1S/C29H60/c1-16-18(3)20(5)22(7)24(9)26(11)28(13)29(14,15)27(12)25(10)23(8)21(6)19(4)17-2/h18-28H,16-17H2,1-15H3. The van der Waals surface area contributed by atoms with E-state index in [0.717, 1.165) is 65.1 Å². The van der Waals surface area contributed by atoms with Crippen LogP contribution < -0.4 is 0 Å². The second-order valence-corrected chi connectivity index (χ2v) is 12.2. The monoisotopic (exact) mass is 408 g/mol. The molecule has 0 saturated heterocycles. The van der Waals surface area contributed by atoms with E-state index in [9.17, 15) is 0 Å². The van der Waals surface area contributed by atoms with Crippen LogP contribution in [0.25, 0.3) is 0 Å². The van der Waals surface area contributed by atoms with Gasteiger partial charge in [-0.05, 0) is 70.5 Å². The average molecular weight is 409 g/mol. The molecule has 29 heavy (non-hydrogen) atoms. The van der Waals surface area contributed by atoms with Crippen molar-refractivity contribution < 1.29 is 0 Å². The lowest BCUT2D eigenvalue weighted by Gasteiger charge is -2.48. The SMILES string of the molecule is CCC(C)C(C)C(C)C(C)C(C)C(C)C(C)(C)C(C)C(C)C(C)C(C)C(C)CC. The lowest BCUT2D eigenvalue weighted by atomic mass is 9.57. The van der Waals surface area contributed by atoms with Gasteiger partial charge in [-0.3, -0.25) is 0 Å². The fourth-order valence-electron chi connectivity index (χ4n) is 5.90. The van der Waals surface area contributed by atoms with Crippen LogP contribution in [0, 0.1) is 70.5 Å². The third-order valence-electron chi connectivity index (χ3n) is 11.2. The Kier molecular flexibility index (Phi) is 12.1. The molecule has 0 nitrogen and oxygen atoms in total. The van der Waals surface area contributed by atoms with Gasteiger partial charge in [0, 0.05) is 0 Å². The maximum absolute atomic E-state index is 2.56. The van der Waals surface area contributed by atoms with E-state index in [1.807, 2.05) is 0 Å². The molecule has 0 amide bonds. The minimum absolute atomic E-state index is 0.357. The highest BCUT2D eigenvalue weighted by molar-refractivity contribution is 4.90. The fraction of sp³-hybridized carbons (Fsp3) is 1.00. The van der Waals surface area contributed by atoms with E-state index in [1.54, 1.807) is 0 Å². The Morgan fingerprint density at radius 1 is 0.414 bits per heavy atom. The molecular weight excluding hydrogens is 348 g/mol. The van der Waals surface area contributed by atoms with Crippen LogP contribution in [0.2, 0.25) is 0 Å². The Hall–Kier alpha value is 0. The van der Waals surface area contributed by atoms with E-state index in [0.29, 0.717) is 5.41 Å². The molecule has 0 aromatic rings. The molecule has 176 valence electrons. The van der Waals surface area contributed by atoms with Crippen molar-refractivity contribution in [1.29, 1.82) is 0 Å². The second-order valence-electron chi connectivity index (χ2n) is 12.2. The van der Waals surface area contributed by atoms with Gasteiger partial charge in [0.1, 0.15) is 0 Å². The molecule has 0 saturated carbocycles. The van der Waals surface area contributed by atoms with Crippen LogP contribution in [0.5, 0.6) is 0 Å². The van der Waals surface area contributed by atoms with Crippen molar-refractivity contribution in [1.82, 2.24) is 0 Å².